The monoisotopic (exact) mass is 233 g/mol. The summed E-state index contributed by atoms with van der Waals surface area (Å²) in [5.41, 5.74) is 9.28. The summed E-state index contributed by atoms with van der Waals surface area (Å²) in [6.45, 7) is 5.14. The minimum atomic E-state index is 0.441. The first-order valence-corrected chi connectivity index (χ1v) is 6.58. The quantitative estimate of drug-likeness (QED) is 0.844. The Kier molecular flexibility index (Phi) is 4.00. The van der Waals surface area contributed by atoms with Gasteiger partial charge in [0, 0.05) is 29.7 Å². The minimum absolute atomic E-state index is 0.441. The molecule has 94 valence electrons. The minimum Gasteiger partial charge on any atom is -0.385 e. The Morgan fingerprint density at radius 1 is 1.18 bits per heavy atom. The van der Waals surface area contributed by atoms with Crippen LogP contribution in [0.15, 0.2) is 12.1 Å². The van der Waals surface area contributed by atoms with Gasteiger partial charge < -0.3 is 11.1 Å². The zero-order valence-electron chi connectivity index (χ0n) is 10.9. The number of anilines is 1. The lowest BCUT2D eigenvalue weighted by molar-refractivity contribution is 0.339. The van der Waals surface area contributed by atoms with Crippen LogP contribution in [0.2, 0.25) is 0 Å². The Bertz CT molecular complexity index is 347. The van der Waals surface area contributed by atoms with E-state index in [2.05, 4.69) is 22.4 Å². The molecular weight excluding hydrogens is 210 g/mol. The zero-order valence-corrected chi connectivity index (χ0v) is 10.9. The summed E-state index contributed by atoms with van der Waals surface area (Å²) >= 11 is 0. The molecule has 0 atom stereocenters. The zero-order chi connectivity index (χ0) is 12.3. The van der Waals surface area contributed by atoms with Crippen LogP contribution in [0.25, 0.3) is 0 Å². The average Bonchev–Trinajstić information content (AvgIpc) is 2.27. The molecule has 0 amide bonds. The first kappa shape index (κ1) is 12.4. The van der Waals surface area contributed by atoms with E-state index in [1.54, 1.807) is 0 Å². The molecule has 1 aliphatic carbocycles. The second kappa shape index (κ2) is 5.50. The average molecular weight is 233 g/mol. The molecule has 0 saturated heterocycles. The summed E-state index contributed by atoms with van der Waals surface area (Å²) in [7, 11) is 0. The van der Waals surface area contributed by atoms with Crippen LogP contribution < -0.4 is 11.1 Å². The van der Waals surface area contributed by atoms with Crippen LogP contribution in [-0.2, 0) is 0 Å². The molecule has 1 heterocycles. The van der Waals surface area contributed by atoms with E-state index in [0.717, 1.165) is 23.9 Å². The van der Waals surface area contributed by atoms with Gasteiger partial charge in [-0.15, -0.1) is 0 Å². The standard InChI is InChI=1S/C14H23N3/c1-10-7-14(8-11(2)17-10)16-9-12-3-5-13(15)6-4-12/h7-8,12-13H,3-6,9,15H2,1-2H3,(H,16,17). The smallest absolute Gasteiger partial charge is 0.0396 e. The van der Waals surface area contributed by atoms with E-state index < -0.39 is 0 Å². The fourth-order valence-electron chi connectivity index (χ4n) is 2.59. The van der Waals surface area contributed by atoms with Crippen molar-refractivity contribution in [2.24, 2.45) is 11.7 Å². The lowest BCUT2D eigenvalue weighted by atomic mass is 9.86. The van der Waals surface area contributed by atoms with Gasteiger partial charge in [-0.3, -0.25) is 4.98 Å². The summed E-state index contributed by atoms with van der Waals surface area (Å²) in [4.78, 5) is 4.38. The maximum atomic E-state index is 5.92. The molecule has 3 heteroatoms. The van der Waals surface area contributed by atoms with Gasteiger partial charge in [-0.2, -0.15) is 0 Å². The molecule has 2 rings (SSSR count). The SMILES string of the molecule is Cc1cc(NCC2CCC(N)CC2)cc(C)n1. The van der Waals surface area contributed by atoms with E-state index in [-0.39, 0.29) is 0 Å². The molecule has 1 saturated carbocycles. The number of rotatable bonds is 3. The third-order valence-corrected chi connectivity index (χ3v) is 3.57. The molecule has 0 radical (unpaired) electrons. The van der Waals surface area contributed by atoms with E-state index in [1.807, 2.05) is 13.8 Å². The summed E-state index contributed by atoms with van der Waals surface area (Å²) < 4.78 is 0. The van der Waals surface area contributed by atoms with Crippen molar-refractivity contribution in [3.63, 3.8) is 0 Å². The number of hydrogen-bond acceptors (Lipinski definition) is 3. The predicted molar refractivity (Wildman–Crippen MR) is 72.1 cm³/mol. The Labute approximate surface area is 104 Å². The number of aryl methyl sites for hydroxylation is 2. The molecule has 3 N–H and O–H groups in total. The number of aromatic nitrogens is 1. The van der Waals surface area contributed by atoms with E-state index in [0.29, 0.717) is 6.04 Å². The molecule has 1 aliphatic rings. The van der Waals surface area contributed by atoms with Crippen molar-refractivity contribution in [3.05, 3.63) is 23.5 Å². The topological polar surface area (TPSA) is 50.9 Å². The van der Waals surface area contributed by atoms with E-state index in [1.165, 1.54) is 31.4 Å². The Hall–Kier alpha value is -1.09. The van der Waals surface area contributed by atoms with Gasteiger partial charge in [-0.25, -0.2) is 0 Å². The normalized spacial score (nSPS) is 24.6. The molecule has 3 nitrogen and oxygen atoms in total. The third kappa shape index (κ3) is 3.70. The fraction of sp³-hybridized carbons (Fsp3) is 0.643. The second-order valence-electron chi connectivity index (χ2n) is 5.30. The molecule has 0 aromatic carbocycles. The van der Waals surface area contributed by atoms with E-state index >= 15 is 0 Å². The van der Waals surface area contributed by atoms with Crippen molar-refractivity contribution in [1.82, 2.24) is 4.98 Å². The maximum Gasteiger partial charge on any atom is 0.0396 e. The van der Waals surface area contributed by atoms with Crippen LogP contribution in [0.4, 0.5) is 5.69 Å². The van der Waals surface area contributed by atoms with Crippen molar-refractivity contribution >= 4 is 5.69 Å². The number of nitrogens with two attached hydrogens (primary N) is 1. The third-order valence-electron chi connectivity index (χ3n) is 3.57. The van der Waals surface area contributed by atoms with Crippen molar-refractivity contribution in [1.29, 1.82) is 0 Å². The molecule has 17 heavy (non-hydrogen) atoms. The van der Waals surface area contributed by atoms with Crippen LogP contribution in [0.1, 0.15) is 37.1 Å². The summed E-state index contributed by atoms with van der Waals surface area (Å²) in [5, 5.41) is 3.53. The highest BCUT2D eigenvalue weighted by Gasteiger charge is 2.18. The largest absolute Gasteiger partial charge is 0.385 e. The second-order valence-corrected chi connectivity index (χ2v) is 5.30. The highest BCUT2D eigenvalue weighted by molar-refractivity contribution is 5.45. The number of hydrogen-bond donors (Lipinski definition) is 2. The van der Waals surface area contributed by atoms with Crippen LogP contribution in [-0.4, -0.2) is 17.6 Å². The highest BCUT2D eigenvalue weighted by atomic mass is 14.9. The van der Waals surface area contributed by atoms with E-state index in [4.69, 9.17) is 5.73 Å². The van der Waals surface area contributed by atoms with Crippen LogP contribution in [0.5, 0.6) is 0 Å². The van der Waals surface area contributed by atoms with Crippen LogP contribution >= 0.6 is 0 Å². The molecule has 0 bridgehead atoms. The van der Waals surface area contributed by atoms with E-state index in [9.17, 15) is 0 Å². The molecule has 0 aliphatic heterocycles. The van der Waals surface area contributed by atoms with Gasteiger partial charge in [0.25, 0.3) is 0 Å². The van der Waals surface area contributed by atoms with Crippen molar-refractivity contribution in [2.75, 3.05) is 11.9 Å². The van der Waals surface area contributed by atoms with Gasteiger partial charge in [0.1, 0.15) is 0 Å². The van der Waals surface area contributed by atoms with Gasteiger partial charge in [-0.05, 0) is 57.6 Å². The molecule has 1 aromatic rings. The van der Waals surface area contributed by atoms with Crippen molar-refractivity contribution in [3.8, 4) is 0 Å². The summed E-state index contributed by atoms with van der Waals surface area (Å²) in [5.74, 6) is 0.781. The van der Waals surface area contributed by atoms with Gasteiger partial charge in [-0.1, -0.05) is 0 Å². The van der Waals surface area contributed by atoms with Crippen LogP contribution in [0.3, 0.4) is 0 Å². The van der Waals surface area contributed by atoms with Gasteiger partial charge >= 0.3 is 0 Å². The number of pyridine rings is 1. The van der Waals surface area contributed by atoms with Gasteiger partial charge in [0.2, 0.25) is 0 Å². The molecule has 1 aromatic heterocycles. The van der Waals surface area contributed by atoms with Gasteiger partial charge in [0.15, 0.2) is 0 Å². The number of nitrogens with one attached hydrogen (secondary N) is 1. The highest BCUT2D eigenvalue weighted by Crippen LogP contribution is 2.23. The Morgan fingerprint density at radius 3 is 2.35 bits per heavy atom. The predicted octanol–water partition coefficient (Wildman–Crippen LogP) is 2.63. The molecule has 0 spiro atoms. The van der Waals surface area contributed by atoms with Gasteiger partial charge in [0.05, 0.1) is 0 Å². The molecular formula is C14H23N3. The van der Waals surface area contributed by atoms with Crippen LogP contribution in [0, 0.1) is 19.8 Å². The lowest BCUT2D eigenvalue weighted by Crippen LogP contribution is -2.29. The number of nitrogens with zero attached hydrogens (tertiary/aromatic N) is 1. The first-order chi connectivity index (χ1) is 8.13. The molecule has 1 fully saturated rings. The van der Waals surface area contributed by atoms with Crippen molar-refractivity contribution < 1.29 is 0 Å². The van der Waals surface area contributed by atoms with Crippen molar-refractivity contribution in [2.45, 2.75) is 45.6 Å². The Morgan fingerprint density at radius 2 is 1.76 bits per heavy atom. The maximum absolute atomic E-state index is 5.92. The summed E-state index contributed by atoms with van der Waals surface area (Å²) in [6, 6.07) is 4.67. The lowest BCUT2D eigenvalue weighted by Gasteiger charge is -2.26. The first-order valence-electron chi connectivity index (χ1n) is 6.58. The molecule has 0 unspecified atom stereocenters. The summed E-state index contributed by atoms with van der Waals surface area (Å²) in [6.07, 6.45) is 4.88. The Balaban J connectivity index is 1.85. The fourth-order valence-corrected chi connectivity index (χ4v) is 2.59.